The van der Waals surface area contributed by atoms with E-state index in [4.69, 9.17) is 0 Å². The molecule has 0 saturated heterocycles. The summed E-state index contributed by atoms with van der Waals surface area (Å²) in [5.74, 6) is 0.780. The van der Waals surface area contributed by atoms with Gasteiger partial charge in [-0.1, -0.05) is 6.92 Å². The first kappa shape index (κ1) is 7.61. The zero-order valence-electron chi connectivity index (χ0n) is 5.73. The first-order valence-corrected chi connectivity index (χ1v) is 4.11. The van der Waals surface area contributed by atoms with Gasteiger partial charge in [-0.3, -0.25) is 0 Å². The Hall–Kier alpha value is -0.500. The topological polar surface area (TPSA) is 0 Å². The predicted octanol–water partition coefficient (Wildman–Crippen LogP) is 2.74. The fourth-order valence-corrected chi connectivity index (χ4v) is 1.25. The van der Waals surface area contributed by atoms with Crippen LogP contribution >= 0.6 is 11.8 Å². The summed E-state index contributed by atoms with van der Waals surface area (Å²) >= 11 is 1.66. The van der Waals surface area contributed by atoms with Crippen molar-refractivity contribution < 1.29 is 4.39 Å². The second-order valence-electron chi connectivity index (χ2n) is 1.80. The summed E-state index contributed by atoms with van der Waals surface area (Å²) in [4.78, 5) is 1.00. The molecule has 0 atom stereocenters. The van der Waals surface area contributed by atoms with Gasteiger partial charge in [0.1, 0.15) is 5.82 Å². The van der Waals surface area contributed by atoms with Crippen LogP contribution < -0.4 is 0 Å². The van der Waals surface area contributed by atoms with Crippen LogP contribution in [0.2, 0.25) is 0 Å². The number of rotatable bonds is 2. The van der Waals surface area contributed by atoms with Crippen LogP contribution in [-0.2, 0) is 0 Å². The average molecular weight is 155 g/mol. The molecule has 0 unspecified atom stereocenters. The van der Waals surface area contributed by atoms with Crippen LogP contribution in [0.3, 0.4) is 0 Å². The Morgan fingerprint density at radius 2 is 2.40 bits per heavy atom. The molecule has 0 fully saturated rings. The summed E-state index contributed by atoms with van der Waals surface area (Å²) in [6, 6.07) is 7.38. The van der Waals surface area contributed by atoms with Crippen molar-refractivity contribution in [2.75, 3.05) is 5.75 Å². The van der Waals surface area contributed by atoms with Crippen LogP contribution in [0.25, 0.3) is 0 Å². The molecule has 0 aliphatic heterocycles. The lowest BCUT2D eigenvalue weighted by atomic mass is 10.4. The van der Waals surface area contributed by atoms with Crippen molar-refractivity contribution >= 4 is 11.8 Å². The zero-order valence-corrected chi connectivity index (χ0v) is 6.54. The van der Waals surface area contributed by atoms with Gasteiger partial charge in [0.25, 0.3) is 0 Å². The Morgan fingerprint density at radius 1 is 1.60 bits per heavy atom. The molecule has 0 aromatic heterocycles. The van der Waals surface area contributed by atoms with E-state index in [1.54, 1.807) is 17.8 Å². The Kier molecular flexibility index (Phi) is 2.75. The average Bonchev–Trinajstić information content (AvgIpc) is 1.95. The minimum absolute atomic E-state index is 0.222. The van der Waals surface area contributed by atoms with Gasteiger partial charge in [0.15, 0.2) is 0 Å². The van der Waals surface area contributed by atoms with Crippen LogP contribution in [0.4, 0.5) is 4.39 Å². The summed E-state index contributed by atoms with van der Waals surface area (Å²) in [5.41, 5.74) is 0. The third kappa shape index (κ3) is 2.03. The Balaban J connectivity index is 2.69. The molecule has 0 aliphatic rings. The van der Waals surface area contributed by atoms with Gasteiger partial charge in [-0.25, -0.2) is 4.39 Å². The molecule has 1 aromatic rings. The van der Waals surface area contributed by atoms with E-state index in [-0.39, 0.29) is 5.82 Å². The van der Waals surface area contributed by atoms with Gasteiger partial charge in [-0.2, -0.15) is 0 Å². The summed E-state index contributed by atoms with van der Waals surface area (Å²) in [6.07, 6.45) is 0. The quantitative estimate of drug-likeness (QED) is 0.592. The summed E-state index contributed by atoms with van der Waals surface area (Å²) in [7, 11) is 0. The lowest BCUT2D eigenvalue weighted by molar-refractivity contribution is 0.626. The third-order valence-electron chi connectivity index (χ3n) is 1.05. The molecule has 0 aliphatic carbocycles. The highest BCUT2D eigenvalue weighted by Gasteiger charge is 1.91. The fourth-order valence-electron chi connectivity index (χ4n) is 0.637. The SMILES string of the molecule is CCSc1[c]cc(F)cc1. The summed E-state index contributed by atoms with van der Waals surface area (Å²) < 4.78 is 12.3. The molecule has 10 heavy (non-hydrogen) atoms. The molecule has 1 rings (SSSR count). The minimum atomic E-state index is -0.222. The summed E-state index contributed by atoms with van der Waals surface area (Å²) in [5, 5.41) is 0. The van der Waals surface area contributed by atoms with Crippen molar-refractivity contribution in [2.45, 2.75) is 11.8 Å². The zero-order chi connectivity index (χ0) is 7.40. The standard InChI is InChI=1S/C8H8FS/c1-2-10-8-5-3-7(9)4-6-8/h3-5H,2H2,1H3. The number of benzene rings is 1. The van der Waals surface area contributed by atoms with Crippen molar-refractivity contribution in [1.29, 1.82) is 0 Å². The highest BCUT2D eigenvalue weighted by atomic mass is 32.2. The van der Waals surface area contributed by atoms with E-state index in [1.807, 2.05) is 0 Å². The molecule has 0 amide bonds. The molecule has 0 bridgehead atoms. The molecule has 53 valence electrons. The second kappa shape index (κ2) is 3.62. The Bertz CT molecular complexity index is 193. The van der Waals surface area contributed by atoms with Gasteiger partial charge >= 0.3 is 0 Å². The van der Waals surface area contributed by atoms with Crippen molar-refractivity contribution in [3.63, 3.8) is 0 Å². The molecule has 1 aromatic carbocycles. The van der Waals surface area contributed by atoms with Gasteiger partial charge in [0.2, 0.25) is 0 Å². The monoisotopic (exact) mass is 155 g/mol. The van der Waals surface area contributed by atoms with E-state index < -0.39 is 0 Å². The van der Waals surface area contributed by atoms with E-state index in [2.05, 4.69) is 13.0 Å². The molecule has 0 N–H and O–H groups in total. The molecule has 2 heteroatoms. The van der Waals surface area contributed by atoms with E-state index in [0.29, 0.717) is 0 Å². The maximum Gasteiger partial charge on any atom is 0.123 e. The number of halogens is 1. The highest BCUT2D eigenvalue weighted by molar-refractivity contribution is 7.99. The van der Waals surface area contributed by atoms with Crippen molar-refractivity contribution in [2.24, 2.45) is 0 Å². The van der Waals surface area contributed by atoms with Gasteiger partial charge in [0, 0.05) is 4.90 Å². The highest BCUT2D eigenvalue weighted by Crippen LogP contribution is 2.16. The van der Waals surface area contributed by atoms with E-state index in [0.717, 1.165) is 10.6 Å². The Morgan fingerprint density at radius 3 is 2.90 bits per heavy atom. The molecule has 1 radical (unpaired) electrons. The number of hydrogen-bond donors (Lipinski definition) is 0. The van der Waals surface area contributed by atoms with Crippen molar-refractivity contribution in [3.8, 4) is 0 Å². The first-order chi connectivity index (χ1) is 4.83. The minimum Gasteiger partial charge on any atom is -0.207 e. The third-order valence-corrected chi connectivity index (χ3v) is 1.90. The molecular weight excluding hydrogens is 147 g/mol. The number of hydrogen-bond acceptors (Lipinski definition) is 1. The van der Waals surface area contributed by atoms with Gasteiger partial charge in [-0.05, 0) is 30.0 Å². The number of thioether (sulfide) groups is 1. The predicted molar refractivity (Wildman–Crippen MR) is 41.6 cm³/mol. The first-order valence-electron chi connectivity index (χ1n) is 3.13. The van der Waals surface area contributed by atoms with Crippen LogP contribution in [0, 0.1) is 11.9 Å². The van der Waals surface area contributed by atoms with Crippen LogP contribution in [0.15, 0.2) is 23.1 Å². The smallest absolute Gasteiger partial charge is 0.123 e. The van der Waals surface area contributed by atoms with E-state index in [9.17, 15) is 4.39 Å². The van der Waals surface area contributed by atoms with Gasteiger partial charge < -0.3 is 0 Å². The summed E-state index contributed by atoms with van der Waals surface area (Å²) in [6.45, 7) is 2.06. The Labute approximate surface area is 64.4 Å². The largest absolute Gasteiger partial charge is 0.207 e. The van der Waals surface area contributed by atoms with Crippen molar-refractivity contribution in [3.05, 3.63) is 30.1 Å². The molecule has 0 saturated carbocycles. The molecule has 0 heterocycles. The van der Waals surface area contributed by atoms with Gasteiger partial charge in [-0.15, -0.1) is 11.8 Å². The maximum absolute atomic E-state index is 12.3. The van der Waals surface area contributed by atoms with Crippen LogP contribution in [0.5, 0.6) is 0 Å². The van der Waals surface area contributed by atoms with Crippen molar-refractivity contribution in [1.82, 2.24) is 0 Å². The normalized spacial score (nSPS) is 9.80. The lowest BCUT2D eigenvalue weighted by Gasteiger charge is -1.94. The van der Waals surface area contributed by atoms with Crippen LogP contribution in [0.1, 0.15) is 6.92 Å². The van der Waals surface area contributed by atoms with Gasteiger partial charge in [0.05, 0.1) is 0 Å². The van der Waals surface area contributed by atoms with E-state index >= 15 is 0 Å². The molecule has 0 spiro atoms. The maximum atomic E-state index is 12.3. The second-order valence-corrected chi connectivity index (χ2v) is 3.11. The van der Waals surface area contributed by atoms with Crippen LogP contribution in [-0.4, -0.2) is 5.75 Å². The molecule has 0 nitrogen and oxygen atoms in total. The fraction of sp³-hybridized carbons (Fsp3) is 0.250. The van der Waals surface area contributed by atoms with E-state index in [1.165, 1.54) is 12.1 Å². The lowest BCUT2D eigenvalue weighted by Crippen LogP contribution is -1.74. The molecular formula is C8H8FS.